The summed E-state index contributed by atoms with van der Waals surface area (Å²) in [5.74, 6) is 0.410. The molecule has 82 valence electrons. The van der Waals surface area contributed by atoms with Crippen LogP contribution in [0, 0.1) is 0 Å². The van der Waals surface area contributed by atoms with E-state index in [4.69, 9.17) is 16.3 Å². The van der Waals surface area contributed by atoms with Gasteiger partial charge < -0.3 is 9.47 Å². The van der Waals surface area contributed by atoms with Crippen molar-refractivity contribution in [1.82, 2.24) is 0 Å². The quantitative estimate of drug-likeness (QED) is 0.744. The third kappa shape index (κ3) is 4.21. The second-order valence-corrected chi connectivity index (χ2v) is 3.60. The lowest BCUT2D eigenvalue weighted by Gasteiger charge is -2.13. The molecule has 0 N–H and O–H groups in total. The van der Waals surface area contributed by atoms with Gasteiger partial charge in [0.25, 0.3) is 0 Å². The van der Waals surface area contributed by atoms with Crippen LogP contribution in [0.5, 0.6) is 5.75 Å². The van der Waals surface area contributed by atoms with Crippen LogP contribution >= 0.6 is 11.6 Å². The molecule has 0 fully saturated rings. The van der Waals surface area contributed by atoms with E-state index >= 15 is 0 Å². The molecule has 0 radical (unpaired) electrons. The van der Waals surface area contributed by atoms with Crippen molar-refractivity contribution in [3.8, 4) is 5.75 Å². The van der Waals surface area contributed by atoms with Crippen molar-refractivity contribution in [2.75, 3.05) is 7.11 Å². The van der Waals surface area contributed by atoms with Gasteiger partial charge in [-0.25, -0.2) is 0 Å². The van der Waals surface area contributed by atoms with Crippen molar-refractivity contribution >= 4 is 17.6 Å². The lowest BCUT2D eigenvalue weighted by Crippen LogP contribution is -2.17. The standard InChI is InChI=1S/C11H13ClO3/c1-8(7-11(13)14-2)15-10-5-3-9(12)4-6-10/h3-6,8H,7H2,1-2H3. The number of benzene rings is 1. The molecule has 0 amide bonds. The minimum absolute atomic E-state index is 0.210. The highest BCUT2D eigenvalue weighted by molar-refractivity contribution is 6.30. The van der Waals surface area contributed by atoms with Crippen LogP contribution in [0.1, 0.15) is 13.3 Å². The normalized spacial score (nSPS) is 11.9. The average Bonchev–Trinajstić information content (AvgIpc) is 2.21. The molecule has 4 heteroatoms. The van der Waals surface area contributed by atoms with Gasteiger partial charge in [-0.15, -0.1) is 0 Å². The largest absolute Gasteiger partial charge is 0.490 e. The molecule has 1 unspecified atom stereocenters. The van der Waals surface area contributed by atoms with E-state index in [0.29, 0.717) is 10.8 Å². The molecule has 3 nitrogen and oxygen atoms in total. The Balaban J connectivity index is 2.47. The van der Waals surface area contributed by atoms with Crippen molar-refractivity contribution < 1.29 is 14.3 Å². The first-order valence-corrected chi connectivity index (χ1v) is 4.98. The van der Waals surface area contributed by atoms with Crippen LogP contribution in [-0.2, 0) is 9.53 Å². The monoisotopic (exact) mass is 228 g/mol. The third-order valence-electron chi connectivity index (χ3n) is 1.83. The number of ether oxygens (including phenoxy) is 2. The maximum absolute atomic E-state index is 10.9. The summed E-state index contributed by atoms with van der Waals surface area (Å²) in [6.45, 7) is 1.81. The molecule has 1 rings (SSSR count). The minimum Gasteiger partial charge on any atom is -0.490 e. The summed E-state index contributed by atoms with van der Waals surface area (Å²) in [6, 6.07) is 7.00. The lowest BCUT2D eigenvalue weighted by atomic mass is 10.3. The Kier molecular flexibility index (Phi) is 4.43. The number of hydrogen-bond acceptors (Lipinski definition) is 3. The van der Waals surface area contributed by atoms with Crippen LogP contribution in [-0.4, -0.2) is 19.2 Å². The fourth-order valence-electron chi connectivity index (χ4n) is 1.11. The average molecular weight is 229 g/mol. The zero-order chi connectivity index (χ0) is 11.3. The number of halogens is 1. The molecule has 1 atom stereocenters. The number of esters is 1. The third-order valence-corrected chi connectivity index (χ3v) is 2.08. The molecule has 0 aromatic heterocycles. The first-order chi connectivity index (χ1) is 7.11. The Bertz CT molecular complexity index is 321. The molecule has 0 aliphatic rings. The number of carbonyl (C=O) groups is 1. The summed E-state index contributed by atoms with van der Waals surface area (Å²) >= 11 is 5.73. The summed E-state index contributed by atoms with van der Waals surface area (Å²) in [7, 11) is 1.36. The van der Waals surface area contributed by atoms with Gasteiger partial charge in [0.05, 0.1) is 13.5 Å². The molecule has 15 heavy (non-hydrogen) atoms. The number of hydrogen-bond donors (Lipinski definition) is 0. The van der Waals surface area contributed by atoms with E-state index in [1.165, 1.54) is 7.11 Å². The number of carbonyl (C=O) groups excluding carboxylic acids is 1. The van der Waals surface area contributed by atoms with Crippen LogP contribution in [0.3, 0.4) is 0 Å². The van der Waals surface area contributed by atoms with Gasteiger partial charge >= 0.3 is 5.97 Å². The first kappa shape index (κ1) is 11.9. The molecular formula is C11H13ClO3. The van der Waals surface area contributed by atoms with Crippen molar-refractivity contribution in [3.05, 3.63) is 29.3 Å². The summed E-state index contributed by atoms with van der Waals surface area (Å²) in [5.41, 5.74) is 0. The molecule has 0 aliphatic heterocycles. The Hall–Kier alpha value is -1.22. The van der Waals surface area contributed by atoms with Crippen molar-refractivity contribution in [3.63, 3.8) is 0 Å². The number of rotatable bonds is 4. The second-order valence-electron chi connectivity index (χ2n) is 3.16. The summed E-state index contributed by atoms with van der Waals surface area (Å²) in [5, 5.41) is 0.656. The summed E-state index contributed by atoms with van der Waals surface area (Å²) in [4.78, 5) is 10.9. The van der Waals surface area contributed by atoms with Gasteiger partial charge in [0.2, 0.25) is 0 Å². The summed E-state index contributed by atoms with van der Waals surface area (Å²) in [6.07, 6.45) is 0.0256. The fourth-order valence-corrected chi connectivity index (χ4v) is 1.23. The smallest absolute Gasteiger partial charge is 0.309 e. The van der Waals surface area contributed by atoms with Gasteiger partial charge in [0, 0.05) is 5.02 Å². The SMILES string of the molecule is COC(=O)CC(C)Oc1ccc(Cl)cc1. The Morgan fingerprint density at radius 3 is 2.53 bits per heavy atom. The van der Waals surface area contributed by atoms with Gasteiger partial charge in [-0.05, 0) is 31.2 Å². The van der Waals surface area contributed by atoms with E-state index in [1.807, 2.05) is 6.92 Å². The van der Waals surface area contributed by atoms with Gasteiger partial charge in [-0.1, -0.05) is 11.6 Å². The molecule has 0 aliphatic carbocycles. The Labute approximate surface area is 93.9 Å². The maximum Gasteiger partial charge on any atom is 0.309 e. The maximum atomic E-state index is 10.9. The van der Waals surface area contributed by atoms with Crippen molar-refractivity contribution in [2.24, 2.45) is 0 Å². The van der Waals surface area contributed by atoms with E-state index in [0.717, 1.165) is 0 Å². The minimum atomic E-state index is -0.281. The molecule has 0 saturated heterocycles. The highest BCUT2D eigenvalue weighted by Gasteiger charge is 2.10. The van der Waals surface area contributed by atoms with Crippen LogP contribution in [0.15, 0.2) is 24.3 Å². The Morgan fingerprint density at radius 2 is 2.00 bits per heavy atom. The van der Waals surface area contributed by atoms with Gasteiger partial charge in [-0.3, -0.25) is 4.79 Å². The Morgan fingerprint density at radius 1 is 1.40 bits per heavy atom. The van der Waals surface area contributed by atoms with Gasteiger partial charge in [-0.2, -0.15) is 0 Å². The highest BCUT2D eigenvalue weighted by atomic mass is 35.5. The molecule has 0 spiro atoms. The van der Waals surface area contributed by atoms with Crippen molar-refractivity contribution in [2.45, 2.75) is 19.4 Å². The number of methoxy groups -OCH3 is 1. The zero-order valence-electron chi connectivity index (χ0n) is 8.70. The molecule has 0 heterocycles. The van der Waals surface area contributed by atoms with E-state index in [-0.39, 0.29) is 18.5 Å². The van der Waals surface area contributed by atoms with E-state index < -0.39 is 0 Å². The lowest BCUT2D eigenvalue weighted by molar-refractivity contribution is -0.142. The predicted octanol–water partition coefficient (Wildman–Crippen LogP) is 2.67. The predicted molar refractivity (Wildman–Crippen MR) is 58.2 cm³/mol. The topological polar surface area (TPSA) is 35.5 Å². The molecule has 1 aromatic carbocycles. The molecule has 1 aromatic rings. The van der Waals surface area contributed by atoms with Crippen LogP contribution in [0.2, 0.25) is 5.02 Å². The van der Waals surface area contributed by atoms with E-state index in [2.05, 4.69) is 4.74 Å². The van der Waals surface area contributed by atoms with Crippen LogP contribution < -0.4 is 4.74 Å². The molecule has 0 saturated carbocycles. The van der Waals surface area contributed by atoms with E-state index in [1.54, 1.807) is 24.3 Å². The molecular weight excluding hydrogens is 216 g/mol. The zero-order valence-corrected chi connectivity index (χ0v) is 9.45. The highest BCUT2D eigenvalue weighted by Crippen LogP contribution is 2.17. The van der Waals surface area contributed by atoms with Gasteiger partial charge in [0.15, 0.2) is 0 Å². The first-order valence-electron chi connectivity index (χ1n) is 4.61. The van der Waals surface area contributed by atoms with Crippen LogP contribution in [0.25, 0.3) is 0 Å². The van der Waals surface area contributed by atoms with Crippen molar-refractivity contribution in [1.29, 1.82) is 0 Å². The second kappa shape index (κ2) is 5.61. The fraction of sp³-hybridized carbons (Fsp3) is 0.364. The van der Waals surface area contributed by atoms with Gasteiger partial charge in [0.1, 0.15) is 11.9 Å². The molecule has 0 bridgehead atoms. The summed E-state index contributed by atoms with van der Waals surface area (Å²) < 4.78 is 10.0. The van der Waals surface area contributed by atoms with Crippen LogP contribution in [0.4, 0.5) is 0 Å². The van der Waals surface area contributed by atoms with E-state index in [9.17, 15) is 4.79 Å².